The van der Waals surface area contributed by atoms with Crippen LogP contribution in [0.25, 0.3) is 11.4 Å². The monoisotopic (exact) mass is 384 g/mol. The second-order valence-electron chi connectivity index (χ2n) is 5.28. The molecule has 0 saturated heterocycles. The Balaban J connectivity index is 1.83. The second kappa shape index (κ2) is 5.94. The molecule has 4 rings (SSSR count). The normalized spacial score (nSPS) is 13.6. The van der Waals surface area contributed by atoms with Gasteiger partial charge in [0, 0.05) is 15.8 Å². The number of aryl methyl sites for hydroxylation is 1. The van der Waals surface area contributed by atoms with Crippen LogP contribution in [-0.2, 0) is 0 Å². The van der Waals surface area contributed by atoms with Gasteiger partial charge in [-0.1, -0.05) is 64.1 Å². The van der Waals surface area contributed by atoms with Crippen molar-refractivity contribution in [2.24, 2.45) is 5.10 Å². The number of benzene rings is 2. The molecule has 23 heavy (non-hydrogen) atoms. The molecule has 0 fully saturated rings. The van der Waals surface area contributed by atoms with Gasteiger partial charge in [0.2, 0.25) is 5.16 Å². The molecule has 0 spiro atoms. The van der Waals surface area contributed by atoms with Crippen molar-refractivity contribution in [3.05, 3.63) is 64.1 Å². The first-order chi connectivity index (χ1) is 11.2. The van der Waals surface area contributed by atoms with Crippen LogP contribution < -0.4 is 0 Å². The molecule has 0 unspecified atom stereocenters. The summed E-state index contributed by atoms with van der Waals surface area (Å²) in [6, 6.07) is 16.4. The van der Waals surface area contributed by atoms with Crippen LogP contribution in [0.5, 0.6) is 0 Å². The number of hydrogen-bond donors (Lipinski definition) is 0. The van der Waals surface area contributed by atoms with Crippen LogP contribution >= 0.6 is 27.7 Å². The summed E-state index contributed by atoms with van der Waals surface area (Å²) in [7, 11) is 0. The molecule has 1 aliphatic rings. The van der Waals surface area contributed by atoms with E-state index in [9.17, 15) is 0 Å². The van der Waals surface area contributed by atoms with Crippen LogP contribution in [0, 0.1) is 6.92 Å². The van der Waals surface area contributed by atoms with Crippen LogP contribution in [0.15, 0.2) is 63.3 Å². The minimum absolute atomic E-state index is 0.790. The largest absolute Gasteiger partial charge is 0.212 e. The van der Waals surface area contributed by atoms with E-state index in [-0.39, 0.29) is 0 Å². The zero-order chi connectivity index (χ0) is 15.8. The molecule has 0 atom stereocenters. The maximum Gasteiger partial charge on any atom is 0.212 e. The average Bonchev–Trinajstić information content (AvgIpc) is 2.98. The van der Waals surface area contributed by atoms with E-state index in [0.29, 0.717) is 0 Å². The quantitative estimate of drug-likeness (QED) is 0.658. The molecule has 3 aromatic rings. The maximum absolute atomic E-state index is 4.80. The maximum atomic E-state index is 4.80. The lowest BCUT2D eigenvalue weighted by molar-refractivity contribution is 0.762. The molecule has 6 heteroatoms. The Labute approximate surface area is 146 Å². The van der Waals surface area contributed by atoms with Crippen molar-refractivity contribution in [3.8, 4) is 11.4 Å². The molecular formula is C17H13BrN4S. The van der Waals surface area contributed by atoms with Crippen molar-refractivity contribution in [3.63, 3.8) is 0 Å². The second-order valence-corrected chi connectivity index (χ2v) is 7.14. The van der Waals surface area contributed by atoms with Gasteiger partial charge in [0.05, 0.1) is 5.71 Å². The predicted molar refractivity (Wildman–Crippen MR) is 97.0 cm³/mol. The summed E-state index contributed by atoms with van der Waals surface area (Å²) in [5.41, 5.74) is 4.36. The highest BCUT2D eigenvalue weighted by atomic mass is 79.9. The molecule has 2 heterocycles. The fourth-order valence-electron chi connectivity index (χ4n) is 2.53. The van der Waals surface area contributed by atoms with Crippen LogP contribution in [0.2, 0.25) is 0 Å². The fraction of sp³-hybridized carbons (Fsp3) is 0.118. The summed E-state index contributed by atoms with van der Waals surface area (Å²) >= 11 is 5.18. The molecule has 0 saturated carbocycles. The lowest BCUT2D eigenvalue weighted by Crippen LogP contribution is -2.13. The smallest absolute Gasteiger partial charge is 0.187 e. The lowest BCUT2D eigenvalue weighted by atomic mass is 10.1. The number of nitrogens with zero attached hydrogens (tertiary/aromatic N) is 4. The number of aromatic nitrogens is 3. The van der Waals surface area contributed by atoms with Gasteiger partial charge < -0.3 is 0 Å². The summed E-state index contributed by atoms with van der Waals surface area (Å²) in [5.74, 6) is 1.58. The Morgan fingerprint density at radius 2 is 1.96 bits per heavy atom. The summed E-state index contributed by atoms with van der Waals surface area (Å²) in [6.45, 7) is 2.08. The molecular weight excluding hydrogens is 372 g/mol. The van der Waals surface area contributed by atoms with E-state index in [0.717, 1.165) is 43.6 Å². The van der Waals surface area contributed by atoms with Crippen LogP contribution in [0.4, 0.5) is 0 Å². The Hall–Kier alpha value is -1.92. The Morgan fingerprint density at radius 1 is 1.09 bits per heavy atom. The first-order valence-corrected chi connectivity index (χ1v) is 8.98. The molecule has 2 aromatic carbocycles. The molecule has 0 radical (unpaired) electrons. The Bertz CT molecular complexity index is 916. The summed E-state index contributed by atoms with van der Waals surface area (Å²) in [5, 5.41) is 14.3. The Morgan fingerprint density at radius 3 is 2.78 bits per heavy atom. The Kier molecular flexibility index (Phi) is 3.79. The molecule has 0 N–H and O–H groups in total. The first-order valence-electron chi connectivity index (χ1n) is 7.20. The minimum Gasteiger partial charge on any atom is -0.187 e. The van der Waals surface area contributed by atoms with Gasteiger partial charge in [0.1, 0.15) is 0 Å². The van der Waals surface area contributed by atoms with Gasteiger partial charge in [0.25, 0.3) is 0 Å². The molecule has 114 valence electrons. The predicted octanol–water partition coefficient (Wildman–Crippen LogP) is 4.37. The minimum atomic E-state index is 0.790. The summed E-state index contributed by atoms with van der Waals surface area (Å²) < 4.78 is 2.91. The molecule has 0 aliphatic carbocycles. The van der Waals surface area contributed by atoms with Crippen molar-refractivity contribution < 1.29 is 0 Å². The highest BCUT2D eigenvalue weighted by Crippen LogP contribution is 2.30. The van der Waals surface area contributed by atoms with Crippen molar-refractivity contribution in [1.82, 2.24) is 14.9 Å². The van der Waals surface area contributed by atoms with Crippen molar-refractivity contribution in [2.45, 2.75) is 12.1 Å². The molecule has 4 nitrogen and oxygen atoms in total. The van der Waals surface area contributed by atoms with Gasteiger partial charge in [0.15, 0.2) is 5.82 Å². The van der Waals surface area contributed by atoms with Crippen LogP contribution in [0.3, 0.4) is 0 Å². The third-order valence-corrected chi connectivity index (χ3v) is 5.14. The zero-order valence-electron chi connectivity index (χ0n) is 12.4. The van der Waals surface area contributed by atoms with Crippen molar-refractivity contribution >= 4 is 33.4 Å². The van der Waals surface area contributed by atoms with E-state index in [1.807, 2.05) is 28.9 Å². The van der Waals surface area contributed by atoms with Gasteiger partial charge in [-0.3, -0.25) is 0 Å². The third-order valence-electron chi connectivity index (χ3n) is 3.71. The SMILES string of the molecule is Cc1ccccc1-c1nnc2n1N=C(c1cccc(Br)c1)CS2. The fourth-order valence-corrected chi connectivity index (χ4v) is 3.77. The van der Waals surface area contributed by atoms with Gasteiger partial charge in [-0.15, -0.1) is 10.2 Å². The van der Waals surface area contributed by atoms with Crippen molar-refractivity contribution in [2.75, 3.05) is 5.75 Å². The van der Waals surface area contributed by atoms with Crippen LogP contribution in [0.1, 0.15) is 11.1 Å². The lowest BCUT2D eigenvalue weighted by Gasteiger charge is -2.14. The standard InChI is InChI=1S/C17H13BrN4S/c1-11-5-2-3-8-14(11)16-19-20-17-22(16)21-15(10-23-17)12-6-4-7-13(18)9-12/h2-9H,10H2,1H3. The van der Waals surface area contributed by atoms with E-state index >= 15 is 0 Å². The number of fused-ring (bicyclic) bond motifs is 1. The molecule has 1 aromatic heterocycles. The molecule has 0 amide bonds. The third kappa shape index (κ3) is 2.72. The number of rotatable bonds is 2. The number of hydrogen-bond acceptors (Lipinski definition) is 4. The highest BCUT2D eigenvalue weighted by Gasteiger charge is 2.21. The van der Waals surface area contributed by atoms with Gasteiger partial charge in [-0.05, 0) is 30.2 Å². The zero-order valence-corrected chi connectivity index (χ0v) is 14.8. The van der Waals surface area contributed by atoms with E-state index in [4.69, 9.17) is 5.10 Å². The van der Waals surface area contributed by atoms with Gasteiger partial charge >= 0.3 is 0 Å². The van der Waals surface area contributed by atoms with Gasteiger partial charge in [-0.25, -0.2) is 0 Å². The van der Waals surface area contributed by atoms with E-state index < -0.39 is 0 Å². The average molecular weight is 385 g/mol. The van der Waals surface area contributed by atoms with Crippen LogP contribution in [-0.4, -0.2) is 26.3 Å². The van der Waals surface area contributed by atoms with E-state index in [2.05, 4.69) is 57.3 Å². The van der Waals surface area contributed by atoms with E-state index in [1.165, 1.54) is 0 Å². The highest BCUT2D eigenvalue weighted by molar-refractivity contribution is 9.10. The summed E-state index contributed by atoms with van der Waals surface area (Å²) in [4.78, 5) is 0. The topological polar surface area (TPSA) is 43.1 Å². The van der Waals surface area contributed by atoms with Crippen molar-refractivity contribution in [1.29, 1.82) is 0 Å². The molecule has 0 bridgehead atoms. The first kappa shape index (κ1) is 14.7. The summed E-state index contributed by atoms with van der Waals surface area (Å²) in [6.07, 6.45) is 0. The van der Waals surface area contributed by atoms with Gasteiger partial charge in [-0.2, -0.15) is 9.78 Å². The number of halogens is 1. The molecule has 1 aliphatic heterocycles. The number of thioether (sulfide) groups is 1. The van der Waals surface area contributed by atoms with E-state index in [1.54, 1.807) is 11.8 Å².